The van der Waals surface area contributed by atoms with Crippen molar-refractivity contribution >= 4 is 0 Å². The number of hydrogen-bond donors (Lipinski definition) is 1. The van der Waals surface area contributed by atoms with Gasteiger partial charge in [0.15, 0.2) is 0 Å². The normalized spacial score (nSPS) is 19.8. The third-order valence-corrected chi connectivity index (χ3v) is 2.21. The van der Waals surface area contributed by atoms with Gasteiger partial charge in [0.25, 0.3) is 0 Å². The Hall–Kier alpha value is -0.890. The first-order chi connectivity index (χ1) is 5.21. The van der Waals surface area contributed by atoms with Crippen LogP contribution in [0.3, 0.4) is 0 Å². The van der Waals surface area contributed by atoms with E-state index in [1.165, 1.54) is 5.56 Å². The minimum Gasteiger partial charge on any atom is -0.320 e. The summed E-state index contributed by atoms with van der Waals surface area (Å²) in [6.45, 7) is 2.07. The summed E-state index contributed by atoms with van der Waals surface area (Å²) in [6, 6.07) is 4.07. The molecule has 58 valence electrons. The number of aryl methyl sites for hydroxylation is 1. The van der Waals surface area contributed by atoms with E-state index >= 15 is 0 Å². The summed E-state index contributed by atoms with van der Waals surface area (Å²) in [6.07, 6.45) is 4.00. The third-order valence-electron chi connectivity index (χ3n) is 2.21. The van der Waals surface area contributed by atoms with Crippen molar-refractivity contribution in [2.45, 2.75) is 25.3 Å². The van der Waals surface area contributed by atoms with Crippen LogP contribution in [0.5, 0.6) is 0 Å². The number of pyridine rings is 1. The molecule has 11 heavy (non-hydrogen) atoms. The highest BCUT2D eigenvalue weighted by atomic mass is 14.9. The number of aromatic nitrogens is 1. The molecule has 0 spiro atoms. The monoisotopic (exact) mass is 148 g/mol. The van der Waals surface area contributed by atoms with Crippen LogP contribution in [0.2, 0.25) is 0 Å². The van der Waals surface area contributed by atoms with Crippen molar-refractivity contribution in [2.75, 3.05) is 0 Å². The maximum absolute atomic E-state index is 5.97. The van der Waals surface area contributed by atoms with E-state index in [1.807, 2.05) is 12.3 Å². The lowest BCUT2D eigenvalue weighted by Crippen LogP contribution is -2.20. The minimum atomic E-state index is -0.0774. The fourth-order valence-corrected chi connectivity index (χ4v) is 1.20. The van der Waals surface area contributed by atoms with Crippen molar-refractivity contribution in [3.8, 4) is 0 Å². The zero-order valence-corrected chi connectivity index (χ0v) is 6.67. The van der Waals surface area contributed by atoms with Gasteiger partial charge in [0.1, 0.15) is 0 Å². The van der Waals surface area contributed by atoms with E-state index in [-0.39, 0.29) is 5.54 Å². The molecule has 1 aliphatic carbocycles. The summed E-state index contributed by atoms with van der Waals surface area (Å²) in [5.74, 6) is 0. The quantitative estimate of drug-likeness (QED) is 0.652. The van der Waals surface area contributed by atoms with Crippen LogP contribution in [-0.4, -0.2) is 4.98 Å². The zero-order chi connectivity index (χ0) is 7.90. The van der Waals surface area contributed by atoms with E-state index < -0.39 is 0 Å². The van der Waals surface area contributed by atoms with E-state index in [2.05, 4.69) is 18.0 Å². The summed E-state index contributed by atoms with van der Waals surface area (Å²) < 4.78 is 0. The van der Waals surface area contributed by atoms with Gasteiger partial charge in [0.2, 0.25) is 0 Å². The highest BCUT2D eigenvalue weighted by molar-refractivity contribution is 5.25. The molecule has 2 rings (SSSR count). The molecule has 2 heteroatoms. The van der Waals surface area contributed by atoms with Gasteiger partial charge in [-0.2, -0.15) is 0 Å². The molecule has 0 bridgehead atoms. The molecule has 2 nitrogen and oxygen atoms in total. The lowest BCUT2D eigenvalue weighted by Gasteiger charge is -2.07. The SMILES string of the molecule is Cc1ccnc(C2(N)CC2)c1. The second-order valence-electron chi connectivity index (χ2n) is 3.37. The first-order valence-electron chi connectivity index (χ1n) is 3.93. The molecule has 1 saturated carbocycles. The van der Waals surface area contributed by atoms with Crippen LogP contribution >= 0.6 is 0 Å². The van der Waals surface area contributed by atoms with Crippen molar-refractivity contribution in [3.63, 3.8) is 0 Å². The van der Waals surface area contributed by atoms with Crippen molar-refractivity contribution < 1.29 is 0 Å². The molecule has 1 aromatic rings. The van der Waals surface area contributed by atoms with Gasteiger partial charge in [-0.25, -0.2) is 0 Å². The van der Waals surface area contributed by atoms with Gasteiger partial charge >= 0.3 is 0 Å². The van der Waals surface area contributed by atoms with E-state index in [9.17, 15) is 0 Å². The lowest BCUT2D eigenvalue weighted by atomic mass is 10.1. The summed E-state index contributed by atoms with van der Waals surface area (Å²) in [7, 11) is 0. The Bertz CT molecular complexity index is 277. The number of hydrogen-bond acceptors (Lipinski definition) is 2. The smallest absolute Gasteiger partial charge is 0.0605 e. The number of rotatable bonds is 1. The van der Waals surface area contributed by atoms with Crippen LogP contribution in [0.4, 0.5) is 0 Å². The Morgan fingerprint density at radius 2 is 2.27 bits per heavy atom. The molecule has 1 aromatic heterocycles. The van der Waals surface area contributed by atoms with Crippen LogP contribution < -0.4 is 5.73 Å². The maximum Gasteiger partial charge on any atom is 0.0605 e. The van der Waals surface area contributed by atoms with Gasteiger partial charge in [0.05, 0.1) is 11.2 Å². The van der Waals surface area contributed by atoms with Gasteiger partial charge in [-0.15, -0.1) is 0 Å². The zero-order valence-electron chi connectivity index (χ0n) is 6.67. The van der Waals surface area contributed by atoms with Gasteiger partial charge in [-0.3, -0.25) is 4.98 Å². The molecule has 0 aliphatic heterocycles. The van der Waals surface area contributed by atoms with Crippen LogP contribution in [-0.2, 0) is 5.54 Å². The second kappa shape index (κ2) is 2.05. The Morgan fingerprint density at radius 3 is 2.82 bits per heavy atom. The molecular formula is C9H12N2. The van der Waals surface area contributed by atoms with E-state index in [0.29, 0.717) is 0 Å². The lowest BCUT2D eigenvalue weighted by molar-refractivity contribution is 0.706. The van der Waals surface area contributed by atoms with Crippen LogP contribution in [0, 0.1) is 6.92 Å². The van der Waals surface area contributed by atoms with Crippen molar-refractivity contribution in [1.82, 2.24) is 4.98 Å². The highest BCUT2D eigenvalue weighted by Crippen LogP contribution is 2.41. The maximum atomic E-state index is 5.97. The van der Waals surface area contributed by atoms with E-state index in [1.54, 1.807) is 0 Å². The molecule has 0 aromatic carbocycles. The van der Waals surface area contributed by atoms with Crippen molar-refractivity contribution in [3.05, 3.63) is 29.6 Å². The summed E-state index contributed by atoms with van der Waals surface area (Å²) in [5, 5.41) is 0. The predicted octanol–water partition coefficient (Wildman–Crippen LogP) is 1.34. The average molecular weight is 148 g/mol. The van der Waals surface area contributed by atoms with Crippen LogP contribution in [0.1, 0.15) is 24.1 Å². The average Bonchev–Trinajstić information content (AvgIpc) is 2.70. The third kappa shape index (κ3) is 1.14. The summed E-state index contributed by atoms with van der Waals surface area (Å²) >= 11 is 0. The Balaban J connectivity index is 2.38. The number of nitrogens with two attached hydrogens (primary N) is 1. The van der Waals surface area contributed by atoms with Gasteiger partial charge < -0.3 is 5.73 Å². The standard InChI is InChI=1S/C9H12N2/c1-7-2-5-11-8(6-7)9(10)3-4-9/h2,5-6H,3-4,10H2,1H3. The Kier molecular flexibility index (Phi) is 1.26. The van der Waals surface area contributed by atoms with Gasteiger partial charge in [0, 0.05) is 6.20 Å². The topological polar surface area (TPSA) is 38.9 Å². The van der Waals surface area contributed by atoms with Gasteiger partial charge in [-0.1, -0.05) is 0 Å². The first-order valence-corrected chi connectivity index (χ1v) is 3.93. The van der Waals surface area contributed by atoms with E-state index in [4.69, 9.17) is 5.73 Å². The summed E-state index contributed by atoms with van der Waals surface area (Å²) in [4.78, 5) is 4.25. The molecular weight excluding hydrogens is 136 g/mol. The molecule has 1 heterocycles. The molecule has 0 amide bonds. The minimum absolute atomic E-state index is 0.0774. The van der Waals surface area contributed by atoms with Crippen LogP contribution in [0.25, 0.3) is 0 Å². The molecule has 0 saturated heterocycles. The molecule has 0 radical (unpaired) electrons. The predicted molar refractivity (Wildman–Crippen MR) is 44.1 cm³/mol. The second-order valence-corrected chi connectivity index (χ2v) is 3.37. The molecule has 2 N–H and O–H groups in total. The fraction of sp³-hybridized carbons (Fsp3) is 0.444. The first kappa shape index (κ1) is 6.80. The largest absolute Gasteiger partial charge is 0.320 e. The fourth-order valence-electron chi connectivity index (χ4n) is 1.20. The Morgan fingerprint density at radius 1 is 1.55 bits per heavy atom. The van der Waals surface area contributed by atoms with Crippen LogP contribution in [0.15, 0.2) is 18.3 Å². The van der Waals surface area contributed by atoms with E-state index in [0.717, 1.165) is 18.5 Å². The number of nitrogens with zero attached hydrogens (tertiary/aromatic N) is 1. The highest BCUT2D eigenvalue weighted by Gasteiger charge is 2.41. The Labute approximate surface area is 66.4 Å². The molecule has 0 unspecified atom stereocenters. The summed E-state index contributed by atoms with van der Waals surface area (Å²) in [5.41, 5.74) is 8.19. The van der Waals surface area contributed by atoms with Gasteiger partial charge in [-0.05, 0) is 37.5 Å². The van der Waals surface area contributed by atoms with Crippen molar-refractivity contribution in [1.29, 1.82) is 0 Å². The molecule has 1 fully saturated rings. The van der Waals surface area contributed by atoms with Crippen molar-refractivity contribution in [2.24, 2.45) is 5.73 Å². The molecule has 1 aliphatic rings. The molecule has 0 atom stereocenters.